The van der Waals surface area contributed by atoms with Gasteiger partial charge in [0.05, 0.1) is 18.2 Å². The van der Waals surface area contributed by atoms with Crippen LogP contribution in [0.3, 0.4) is 0 Å². The second-order valence-electron chi connectivity index (χ2n) is 7.89. The van der Waals surface area contributed by atoms with Crippen LogP contribution in [0.4, 0.5) is 10.1 Å². The van der Waals surface area contributed by atoms with E-state index in [9.17, 15) is 14.0 Å². The number of hydrogen-bond acceptors (Lipinski definition) is 3. The van der Waals surface area contributed by atoms with Crippen molar-refractivity contribution >= 4 is 17.5 Å². The van der Waals surface area contributed by atoms with Crippen LogP contribution in [0.2, 0.25) is 0 Å². The highest BCUT2D eigenvalue weighted by molar-refractivity contribution is 5.87. The van der Waals surface area contributed by atoms with E-state index in [0.29, 0.717) is 37.9 Å². The molecule has 2 amide bonds. The number of anilines is 1. The number of carbonyl (C=O) groups is 2. The molecule has 146 valence electrons. The van der Waals surface area contributed by atoms with E-state index in [1.807, 2.05) is 15.9 Å². The van der Waals surface area contributed by atoms with Gasteiger partial charge in [-0.3, -0.25) is 9.59 Å². The van der Waals surface area contributed by atoms with Crippen LogP contribution in [-0.4, -0.2) is 61.0 Å². The molecule has 0 unspecified atom stereocenters. The van der Waals surface area contributed by atoms with E-state index in [2.05, 4.69) is 10.6 Å². The molecule has 2 heterocycles. The van der Waals surface area contributed by atoms with Crippen LogP contribution in [0.5, 0.6) is 0 Å². The molecule has 6 nitrogen and oxygen atoms in total. The lowest BCUT2D eigenvalue weighted by molar-refractivity contribution is -0.718. The molecule has 2 saturated heterocycles. The molecule has 0 aromatic heterocycles. The van der Waals surface area contributed by atoms with Crippen LogP contribution >= 0.6 is 0 Å². The van der Waals surface area contributed by atoms with Gasteiger partial charge < -0.3 is 20.4 Å². The zero-order valence-electron chi connectivity index (χ0n) is 15.6. The van der Waals surface area contributed by atoms with Gasteiger partial charge in [0.2, 0.25) is 5.91 Å². The molecule has 27 heavy (non-hydrogen) atoms. The minimum Gasteiger partial charge on any atom is -0.366 e. The molecular formula is C20H28FN4O2+. The molecule has 3 fully saturated rings. The topological polar surface area (TPSA) is 69.3 Å². The fourth-order valence-corrected chi connectivity index (χ4v) is 4.63. The summed E-state index contributed by atoms with van der Waals surface area (Å²) in [4.78, 5) is 28.9. The third kappa shape index (κ3) is 3.93. The molecule has 3 aliphatic rings. The summed E-state index contributed by atoms with van der Waals surface area (Å²) >= 11 is 0. The Hall–Kier alpha value is -2.15. The molecular weight excluding hydrogens is 347 g/mol. The summed E-state index contributed by atoms with van der Waals surface area (Å²) in [5, 5.41) is 5.24. The molecule has 1 saturated carbocycles. The first-order chi connectivity index (χ1) is 13.1. The SMILES string of the molecule is O=C1N[C@H]2CCCC[C@H]2[NH2+][C@H]1CC(=O)N1CCN(c2ccccc2F)CC1. The molecule has 3 atom stereocenters. The van der Waals surface area contributed by atoms with Crippen molar-refractivity contribution < 1.29 is 19.3 Å². The lowest BCUT2D eigenvalue weighted by atomic mass is 9.87. The average Bonchev–Trinajstić information content (AvgIpc) is 2.69. The summed E-state index contributed by atoms with van der Waals surface area (Å²) in [5.41, 5.74) is 0.591. The predicted molar refractivity (Wildman–Crippen MR) is 99.7 cm³/mol. The van der Waals surface area contributed by atoms with Crippen molar-refractivity contribution in [3.63, 3.8) is 0 Å². The second kappa shape index (κ2) is 7.84. The minimum atomic E-state index is -0.318. The standard InChI is InChI=1S/C20H27FN4O2/c21-14-5-1-4-8-18(14)24-9-11-25(12-10-24)19(26)13-17-20(27)23-16-7-3-2-6-15(16)22-17/h1,4-5,8,15-17,22H,2-3,6-7,9-13H2,(H,23,27)/p+1/t15-,16+,17+/m1/s1. The van der Waals surface area contributed by atoms with Crippen molar-refractivity contribution in [2.45, 2.75) is 50.2 Å². The smallest absolute Gasteiger partial charge is 0.279 e. The lowest BCUT2D eigenvalue weighted by Gasteiger charge is -2.39. The maximum atomic E-state index is 13.9. The van der Waals surface area contributed by atoms with Gasteiger partial charge in [0.15, 0.2) is 6.04 Å². The Balaban J connectivity index is 1.31. The fourth-order valence-electron chi connectivity index (χ4n) is 4.63. The van der Waals surface area contributed by atoms with Gasteiger partial charge in [0.1, 0.15) is 11.9 Å². The Morgan fingerprint density at radius 2 is 1.89 bits per heavy atom. The van der Waals surface area contributed by atoms with E-state index >= 15 is 0 Å². The van der Waals surface area contributed by atoms with Gasteiger partial charge in [0, 0.05) is 32.6 Å². The highest BCUT2D eigenvalue weighted by atomic mass is 19.1. The number of piperazine rings is 2. The summed E-state index contributed by atoms with van der Waals surface area (Å²) in [5.74, 6) is -0.210. The third-order valence-corrected chi connectivity index (χ3v) is 6.18. The number of amides is 2. The Morgan fingerprint density at radius 1 is 1.15 bits per heavy atom. The van der Waals surface area contributed by atoms with Crippen LogP contribution in [-0.2, 0) is 9.59 Å². The van der Waals surface area contributed by atoms with E-state index in [-0.39, 0.29) is 36.1 Å². The van der Waals surface area contributed by atoms with Gasteiger partial charge >= 0.3 is 0 Å². The average molecular weight is 375 g/mol. The molecule has 4 rings (SSSR count). The number of quaternary nitrogens is 1. The first-order valence-corrected chi connectivity index (χ1v) is 10.0. The van der Waals surface area contributed by atoms with E-state index in [1.54, 1.807) is 12.1 Å². The maximum absolute atomic E-state index is 13.9. The molecule has 7 heteroatoms. The monoisotopic (exact) mass is 375 g/mol. The number of para-hydroxylation sites is 1. The summed E-state index contributed by atoms with van der Waals surface area (Å²) in [7, 11) is 0. The molecule has 1 aromatic carbocycles. The summed E-state index contributed by atoms with van der Waals surface area (Å²) in [6.45, 7) is 2.34. The lowest BCUT2D eigenvalue weighted by Crippen LogP contribution is -3.03. The Labute approximate surface area is 159 Å². The van der Waals surface area contributed by atoms with Gasteiger partial charge in [-0.05, 0) is 25.0 Å². The molecule has 2 aliphatic heterocycles. The van der Waals surface area contributed by atoms with Crippen molar-refractivity contribution in [2.24, 2.45) is 0 Å². The molecule has 1 aliphatic carbocycles. The van der Waals surface area contributed by atoms with Crippen molar-refractivity contribution in [1.82, 2.24) is 10.2 Å². The van der Waals surface area contributed by atoms with Crippen molar-refractivity contribution in [2.75, 3.05) is 31.1 Å². The largest absolute Gasteiger partial charge is 0.366 e. The second-order valence-corrected chi connectivity index (χ2v) is 7.89. The number of fused-ring (bicyclic) bond motifs is 1. The Bertz CT molecular complexity index is 705. The van der Waals surface area contributed by atoms with Gasteiger partial charge in [-0.1, -0.05) is 18.6 Å². The van der Waals surface area contributed by atoms with Crippen molar-refractivity contribution in [3.05, 3.63) is 30.1 Å². The van der Waals surface area contributed by atoms with Crippen LogP contribution in [0, 0.1) is 5.82 Å². The summed E-state index contributed by atoms with van der Waals surface area (Å²) in [6.07, 6.45) is 4.77. The van der Waals surface area contributed by atoms with Gasteiger partial charge in [-0.2, -0.15) is 0 Å². The van der Waals surface area contributed by atoms with Gasteiger partial charge in [-0.25, -0.2) is 4.39 Å². The number of rotatable bonds is 3. The quantitative estimate of drug-likeness (QED) is 0.795. The molecule has 0 bridgehead atoms. The molecule has 3 N–H and O–H groups in total. The first kappa shape index (κ1) is 18.2. The van der Waals surface area contributed by atoms with Gasteiger partial charge in [0.25, 0.3) is 5.91 Å². The Kier molecular flexibility index (Phi) is 5.29. The van der Waals surface area contributed by atoms with Crippen LogP contribution in [0.1, 0.15) is 32.1 Å². The highest BCUT2D eigenvalue weighted by Gasteiger charge is 2.41. The van der Waals surface area contributed by atoms with Crippen LogP contribution < -0.4 is 15.5 Å². The minimum absolute atomic E-state index is 0.00325. The summed E-state index contributed by atoms with van der Waals surface area (Å²) in [6, 6.07) is 7.10. The van der Waals surface area contributed by atoms with Crippen LogP contribution in [0.15, 0.2) is 24.3 Å². The molecule has 0 spiro atoms. The summed E-state index contributed by atoms with van der Waals surface area (Å²) < 4.78 is 13.9. The van der Waals surface area contributed by atoms with E-state index in [0.717, 1.165) is 12.8 Å². The third-order valence-electron chi connectivity index (χ3n) is 6.18. The Morgan fingerprint density at radius 3 is 2.67 bits per heavy atom. The zero-order valence-corrected chi connectivity index (χ0v) is 15.6. The van der Waals surface area contributed by atoms with Crippen molar-refractivity contribution in [3.8, 4) is 0 Å². The zero-order chi connectivity index (χ0) is 18.8. The van der Waals surface area contributed by atoms with E-state index in [1.165, 1.54) is 18.9 Å². The fraction of sp³-hybridized carbons (Fsp3) is 0.600. The number of nitrogens with two attached hydrogens (primary N) is 1. The number of nitrogens with zero attached hydrogens (tertiary/aromatic N) is 2. The maximum Gasteiger partial charge on any atom is 0.279 e. The molecule has 0 radical (unpaired) electrons. The first-order valence-electron chi connectivity index (χ1n) is 10.0. The predicted octanol–water partition coefficient (Wildman–Crippen LogP) is 0.237. The number of nitrogens with one attached hydrogen (secondary N) is 1. The number of benzene rings is 1. The number of carbonyl (C=O) groups excluding carboxylic acids is 2. The number of hydrogen-bond donors (Lipinski definition) is 2. The number of halogens is 1. The van der Waals surface area contributed by atoms with E-state index in [4.69, 9.17) is 0 Å². The van der Waals surface area contributed by atoms with Crippen LogP contribution in [0.25, 0.3) is 0 Å². The van der Waals surface area contributed by atoms with Gasteiger partial charge in [-0.15, -0.1) is 0 Å². The normalized spacial score (nSPS) is 28.5. The highest BCUT2D eigenvalue weighted by Crippen LogP contribution is 2.21. The van der Waals surface area contributed by atoms with Crippen molar-refractivity contribution in [1.29, 1.82) is 0 Å². The molecule has 1 aromatic rings. The van der Waals surface area contributed by atoms with E-state index < -0.39 is 0 Å².